The van der Waals surface area contributed by atoms with Gasteiger partial charge in [-0.1, -0.05) is 24.2 Å². The monoisotopic (exact) mass is 380 g/mol. The molecule has 0 fully saturated rings. The summed E-state index contributed by atoms with van der Waals surface area (Å²) in [5.74, 6) is 1.71. The second-order valence-corrected chi connectivity index (χ2v) is 6.65. The minimum absolute atomic E-state index is 0.0203. The number of rotatable bonds is 5. The van der Waals surface area contributed by atoms with Crippen LogP contribution in [0.15, 0.2) is 47.0 Å². The highest BCUT2D eigenvalue weighted by Crippen LogP contribution is 2.40. The lowest BCUT2D eigenvalue weighted by molar-refractivity contribution is 0.0424. The molecule has 0 N–H and O–H groups in total. The molecular weight excluding hydrogens is 360 g/mol. The number of esters is 1. The van der Waals surface area contributed by atoms with Crippen LogP contribution in [-0.2, 0) is 11.3 Å². The van der Waals surface area contributed by atoms with Crippen LogP contribution in [0.4, 0.5) is 0 Å². The van der Waals surface area contributed by atoms with Gasteiger partial charge >= 0.3 is 5.97 Å². The highest BCUT2D eigenvalue weighted by molar-refractivity contribution is 5.93. The number of ether oxygens (including phenoxy) is 3. The van der Waals surface area contributed by atoms with E-state index in [0.717, 1.165) is 16.9 Å². The van der Waals surface area contributed by atoms with E-state index < -0.39 is 5.97 Å². The molecule has 3 aromatic rings. The fraction of sp³-hybridized carbons (Fsp3) is 0.286. The number of hydrogen-bond donors (Lipinski definition) is 0. The number of carbonyl (C=O) groups is 1. The van der Waals surface area contributed by atoms with Crippen LogP contribution in [-0.4, -0.2) is 29.3 Å². The minimum Gasteiger partial charge on any atom is -0.497 e. The average molecular weight is 380 g/mol. The Kier molecular flexibility index (Phi) is 4.73. The van der Waals surface area contributed by atoms with Crippen molar-refractivity contribution in [2.24, 2.45) is 0 Å². The van der Waals surface area contributed by atoms with Crippen molar-refractivity contribution in [1.29, 1.82) is 0 Å². The van der Waals surface area contributed by atoms with Crippen LogP contribution in [0, 0.1) is 0 Å². The first-order valence-electron chi connectivity index (χ1n) is 9.00. The first-order valence-corrected chi connectivity index (χ1v) is 9.00. The molecule has 4 rings (SSSR count). The zero-order valence-corrected chi connectivity index (χ0v) is 15.8. The first kappa shape index (κ1) is 18.0. The third-order valence-corrected chi connectivity index (χ3v) is 4.91. The van der Waals surface area contributed by atoms with Gasteiger partial charge < -0.3 is 18.7 Å². The molecule has 144 valence electrons. The number of fused-ring (bicyclic) bond motifs is 1. The average Bonchev–Trinajstić information content (AvgIpc) is 3.31. The molecular formula is C21H20N2O5. The normalized spacial score (nSPS) is 17.7. The van der Waals surface area contributed by atoms with E-state index in [0.29, 0.717) is 17.1 Å². The molecule has 2 heterocycles. The standard InChI is InChI=1S/C21H20N2O5/c1-12-13(2)27-19-16(12)5-4-6-17(19)21(24)26-11-18-22-20(23-28-18)14-7-9-15(25-3)10-8-14/h4-10,12-13H,11H2,1-3H3/t12-,13+/m1/s1. The maximum Gasteiger partial charge on any atom is 0.342 e. The number of carbonyl (C=O) groups excluding carboxylic acids is 1. The lowest BCUT2D eigenvalue weighted by Gasteiger charge is -2.08. The summed E-state index contributed by atoms with van der Waals surface area (Å²) in [5.41, 5.74) is 2.20. The van der Waals surface area contributed by atoms with Crippen LogP contribution in [0.2, 0.25) is 0 Å². The van der Waals surface area contributed by atoms with Crippen LogP contribution in [0.3, 0.4) is 0 Å². The van der Waals surface area contributed by atoms with Crippen molar-refractivity contribution in [2.75, 3.05) is 7.11 Å². The van der Waals surface area contributed by atoms with Gasteiger partial charge in [-0.05, 0) is 37.3 Å². The molecule has 0 bridgehead atoms. The Balaban J connectivity index is 1.44. The quantitative estimate of drug-likeness (QED) is 0.619. The lowest BCUT2D eigenvalue weighted by atomic mass is 9.97. The largest absolute Gasteiger partial charge is 0.497 e. The molecule has 0 unspecified atom stereocenters. The second kappa shape index (κ2) is 7.34. The van der Waals surface area contributed by atoms with Gasteiger partial charge in [0.15, 0.2) is 6.61 Å². The lowest BCUT2D eigenvalue weighted by Crippen LogP contribution is -2.11. The van der Waals surface area contributed by atoms with Gasteiger partial charge in [0.25, 0.3) is 5.89 Å². The van der Waals surface area contributed by atoms with Crippen molar-refractivity contribution in [2.45, 2.75) is 32.5 Å². The van der Waals surface area contributed by atoms with Gasteiger partial charge in [-0.3, -0.25) is 0 Å². The number of para-hydroxylation sites is 1. The highest BCUT2D eigenvalue weighted by atomic mass is 16.6. The Labute approximate surface area is 162 Å². The minimum atomic E-state index is -0.484. The number of benzene rings is 2. The van der Waals surface area contributed by atoms with Crippen molar-refractivity contribution in [1.82, 2.24) is 10.1 Å². The third kappa shape index (κ3) is 3.31. The fourth-order valence-electron chi connectivity index (χ4n) is 3.12. The molecule has 1 aliphatic heterocycles. The summed E-state index contributed by atoms with van der Waals surface area (Å²) in [4.78, 5) is 16.8. The van der Waals surface area contributed by atoms with Gasteiger partial charge in [-0.15, -0.1) is 0 Å². The summed E-state index contributed by atoms with van der Waals surface area (Å²) < 4.78 is 21.5. The Morgan fingerprint density at radius 1 is 1.14 bits per heavy atom. The van der Waals surface area contributed by atoms with Gasteiger partial charge in [-0.2, -0.15) is 4.98 Å². The zero-order valence-electron chi connectivity index (χ0n) is 15.8. The molecule has 0 amide bonds. The number of aromatic nitrogens is 2. The molecule has 1 aliphatic rings. The van der Waals surface area contributed by atoms with E-state index >= 15 is 0 Å². The highest BCUT2D eigenvalue weighted by Gasteiger charge is 2.31. The van der Waals surface area contributed by atoms with Gasteiger partial charge in [0, 0.05) is 17.0 Å². The van der Waals surface area contributed by atoms with Gasteiger partial charge in [0.05, 0.1) is 7.11 Å². The van der Waals surface area contributed by atoms with E-state index in [4.69, 9.17) is 18.7 Å². The van der Waals surface area contributed by atoms with E-state index in [2.05, 4.69) is 17.1 Å². The molecule has 7 nitrogen and oxygen atoms in total. The van der Waals surface area contributed by atoms with Crippen LogP contribution >= 0.6 is 0 Å². The Morgan fingerprint density at radius 3 is 2.68 bits per heavy atom. The molecule has 0 spiro atoms. The topological polar surface area (TPSA) is 83.7 Å². The third-order valence-electron chi connectivity index (χ3n) is 4.91. The molecule has 28 heavy (non-hydrogen) atoms. The summed E-state index contributed by atoms with van der Waals surface area (Å²) in [5, 5.41) is 3.93. The van der Waals surface area contributed by atoms with Crippen molar-refractivity contribution < 1.29 is 23.5 Å². The summed E-state index contributed by atoms with van der Waals surface area (Å²) in [6.07, 6.45) is 0.0203. The van der Waals surface area contributed by atoms with Gasteiger partial charge in [0.1, 0.15) is 23.2 Å². The predicted molar refractivity (Wildman–Crippen MR) is 100 cm³/mol. The molecule has 2 aromatic carbocycles. The van der Waals surface area contributed by atoms with Crippen LogP contribution in [0.25, 0.3) is 11.4 Å². The zero-order chi connectivity index (χ0) is 19.7. The molecule has 0 radical (unpaired) electrons. The number of hydrogen-bond acceptors (Lipinski definition) is 7. The van der Waals surface area contributed by atoms with Crippen LogP contribution < -0.4 is 9.47 Å². The smallest absolute Gasteiger partial charge is 0.342 e. The molecule has 2 atom stereocenters. The Bertz CT molecular complexity index is 996. The maximum atomic E-state index is 12.5. The van der Waals surface area contributed by atoms with Crippen molar-refractivity contribution in [3.05, 3.63) is 59.5 Å². The molecule has 7 heteroatoms. The first-order chi connectivity index (χ1) is 13.6. The van der Waals surface area contributed by atoms with Gasteiger partial charge in [-0.25, -0.2) is 4.79 Å². The molecule has 0 saturated carbocycles. The number of methoxy groups -OCH3 is 1. The summed E-state index contributed by atoms with van der Waals surface area (Å²) >= 11 is 0. The summed E-state index contributed by atoms with van der Waals surface area (Å²) in [6, 6.07) is 12.8. The summed E-state index contributed by atoms with van der Waals surface area (Å²) in [7, 11) is 1.60. The van der Waals surface area contributed by atoms with Crippen LogP contribution in [0.5, 0.6) is 11.5 Å². The van der Waals surface area contributed by atoms with Crippen molar-refractivity contribution in [3.8, 4) is 22.9 Å². The molecule has 0 saturated heterocycles. The van der Waals surface area contributed by atoms with E-state index in [1.807, 2.05) is 43.3 Å². The van der Waals surface area contributed by atoms with Crippen LogP contribution in [0.1, 0.15) is 41.6 Å². The number of nitrogens with zero attached hydrogens (tertiary/aromatic N) is 2. The predicted octanol–water partition coefficient (Wildman–Crippen LogP) is 3.99. The van der Waals surface area contributed by atoms with Crippen molar-refractivity contribution in [3.63, 3.8) is 0 Å². The van der Waals surface area contributed by atoms with E-state index in [1.54, 1.807) is 13.2 Å². The molecule has 1 aromatic heterocycles. The van der Waals surface area contributed by atoms with Gasteiger partial charge in [0.2, 0.25) is 5.82 Å². The maximum absolute atomic E-state index is 12.5. The van der Waals surface area contributed by atoms with Crippen molar-refractivity contribution >= 4 is 5.97 Å². The Morgan fingerprint density at radius 2 is 1.93 bits per heavy atom. The Hall–Kier alpha value is -3.35. The fourth-order valence-corrected chi connectivity index (χ4v) is 3.12. The van der Waals surface area contributed by atoms with E-state index in [9.17, 15) is 4.79 Å². The SMILES string of the molecule is COc1ccc(-c2noc(COC(=O)c3cccc4c3O[C@@H](C)[C@H]4C)n2)cc1. The van der Waals surface area contributed by atoms with E-state index in [1.165, 1.54) is 0 Å². The summed E-state index contributed by atoms with van der Waals surface area (Å²) in [6.45, 7) is 3.94. The van der Waals surface area contributed by atoms with E-state index in [-0.39, 0.29) is 24.5 Å². The molecule has 0 aliphatic carbocycles. The second-order valence-electron chi connectivity index (χ2n) is 6.65.